The first-order valence-corrected chi connectivity index (χ1v) is 7.19. The Hall–Kier alpha value is -2.23. The van der Waals surface area contributed by atoms with Gasteiger partial charge in [0.05, 0.1) is 0 Å². The minimum atomic E-state index is 0.0710. The summed E-state index contributed by atoms with van der Waals surface area (Å²) in [5.74, 6) is 0.0710. The Labute approximate surface area is 126 Å². The number of nitrogens with zero attached hydrogens (tertiary/aromatic N) is 3. The second kappa shape index (κ2) is 6.48. The van der Waals surface area contributed by atoms with Crippen molar-refractivity contribution in [2.24, 2.45) is 7.05 Å². The molecule has 0 aliphatic carbocycles. The zero-order valence-corrected chi connectivity index (χ0v) is 13.2. The number of carbonyl (C=O) groups is 1. The summed E-state index contributed by atoms with van der Waals surface area (Å²) in [7, 11) is 5.94. The summed E-state index contributed by atoms with van der Waals surface area (Å²) in [4.78, 5) is 16.5. The number of aryl methyl sites for hydroxylation is 1. The van der Waals surface area contributed by atoms with E-state index in [1.165, 1.54) is 0 Å². The van der Waals surface area contributed by atoms with Crippen LogP contribution in [0.3, 0.4) is 0 Å². The number of benzene rings is 1. The van der Waals surface area contributed by atoms with E-state index in [1.807, 2.05) is 55.9 Å². The third kappa shape index (κ3) is 3.45. The van der Waals surface area contributed by atoms with E-state index in [-0.39, 0.29) is 5.91 Å². The van der Waals surface area contributed by atoms with E-state index in [9.17, 15) is 4.79 Å². The molecule has 1 aromatic carbocycles. The van der Waals surface area contributed by atoms with Gasteiger partial charge in [0.2, 0.25) is 0 Å². The lowest BCUT2D eigenvalue weighted by atomic mass is 10.2. The van der Waals surface area contributed by atoms with E-state index in [2.05, 4.69) is 29.2 Å². The first-order chi connectivity index (χ1) is 10.0. The maximum Gasteiger partial charge on any atom is 0.270 e. The molecule has 0 N–H and O–H groups in total. The highest BCUT2D eigenvalue weighted by atomic mass is 16.2. The standard InChI is InChI=1S/C17H23N3O/c1-5-20(17(21)16-7-6-12-19(16)4)13-14-8-10-15(11-9-14)18(2)3/h6-12H,5,13H2,1-4H3. The highest BCUT2D eigenvalue weighted by Crippen LogP contribution is 2.15. The summed E-state index contributed by atoms with van der Waals surface area (Å²) in [5, 5.41) is 0. The van der Waals surface area contributed by atoms with Gasteiger partial charge in [0.15, 0.2) is 0 Å². The molecule has 0 saturated heterocycles. The van der Waals surface area contributed by atoms with Gasteiger partial charge in [-0.25, -0.2) is 0 Å². The van der Waals surface area contributed by atoms with E-state index >= 15 is 0 Å². The number of carbonyl (C=O) groups excluding carboxylic acids is 1. The van der Waals surface area contributed by atoms with Gasteiger partial charge in [-0.2, -0.15) is 0 Å². The molecule has 0 aliphatic heterocycles. The summed E-state index contributed by atoms with van der Waals surface area (Å²) < 4.78 is 1.86. The molecule has 112 valence electrons. The van der Waals surface area contributed by atoms with Crippen molar-refractivity contribution >= 4 is 11.6 Å². The molecule has 0 fully saturated rings. The third-order valence-electron chi connectivity index (χ3n) is 3.66. The first-order valence-electron chi connectivity index (χ1n) is 7.19. The SMILES string of the molecule is CCN(Cc1ccc(N(C)C)cc1)C(=O)c1cccn1C. The van der Waals surface area contributed by atoms with E-state index in [0.717, 1.165) is 16.9 Å². The van der Waals surface area contributed by atoms with Crippen molar-refractivity contribution in [1.82, 2.24) is 9.47 Å². The van der Waals surface area contributed by atoms with Crippen molar-refractivity contribution in [3.63, 3.8) is 0 Å². The molecular weight excluding hydrogens is 262 g/mol. The van der Waals surface area contributed by atoms with Crippen molar-refractivity contribution in [3.8, 4) is 0 Å². The first kappa shape index (κ1) is 15.2. The zero-order valence-electron chi connectivity index (χ0n) is 13.2. The van der Waals surface area contributed by atoms with Gasteiger partial charge in [0.25, 0.3) is 5.91 Å². The number of hydrogen-bond donors (Lipinski definition) is 0. The van der Waals surface area contributed by atoms with Crippen LogP contribution < -0.4 is 4.90 Å². The lowest BCUT2D eigenvalue weighted by molar-refractivity contribution is 0.0743. The van der Waals surface area contributed by atoms with Crippen LogP contribution in [0, 0.1) is 0 Å². The highest BCUT2D eigenvalue weighted by Gasteiger charge is 2.16. The molecule has 0 radical (unpaired) electrons. The lowest BCUT2D eigenvalue weighted by Crippen LogP contribution is -2.31. The van der Waals surface area contributed by atoms with Crippen LogP contribution in [0.1, 0.15) is 23.0 Å². The summed E-state index contributed by atoms with van der Waals surface area (Å²) in [6.45, 7) is 3.34. The smallest absolute Gasteiger partial charge is 0.270 e. The van der Waals surface area contributed by atoms with Gasteiger partial charge in [0.1, 0.15) is 5.69 Å². The van der Waals surface area contributed by atoms with Gasteiger partial charge in [-0.3, -0.25) is 4.79 Å². The van der Waals surface area contributed by atoms with E-state index in [1.54, 1.807) is 0 Å². The second-order valence-corrected chi connectivity index (χ2v) is 5.38. The normalized spacial score (nSPS) is 10.5. The van der Waals surface area contributed by atoms with E-state index in [4.69, 9.17) is 0 Å². The number of aromatic nitrogens is 1. The molecule has 0 aliphatic rings. The van der Waals surface area contributed by atoms with Gasteiger partial charge < -0.3 is 14.4 Å². The summed E-state index contributed by atoms with van der Waals surface area (Å²) in [6, 6.07) is 12.1. The van der Waals surface area contributed by atoms with Crippen LogP contribution >= 0.6 is 0 Å². The van der Waals surface area contributed by atoms with Crippen molar-refractivity contribution in [2.45, 2.75) is 13.5 Å². The lowest BCUT2D eigenvalue weighted by Gasteiger charge is -2.22. The molecular formula is C17H23N3O. The van der Waals surface area contributed by atoms with Crippen LogP contribution in [0.4, 0.5) is 5.69 Å². The predicted molar refractivity (Wildman–Crippen MR) is 86.6 cm³/mol. The largest absolute Gasteiger partial charge is 0.378 e. The molecule has 4 nitrogen and oxygen atoms in total. The molecule has 21 heavy (non-hydrogen) atoms. The number of amides is 1. The van der Waals surface area contributed by atoms with Crippen molar-refractivity contribution < 1.29 is 4.79 Å². The highest BCUT2D eigenvalue weighted by molar-refractivity contribution is 5.92. The van der Waals surface area contributed by atoms with Crippen LogP contribution in [0.25, 0.3) is 0 Å². The van der Waals surface area contributed by atoms with E-state index < -0.39 is 0 Å². The van der Waals surface area contributed by atoms with Crippen LogP contribution in [-0.2, 0) is 13.6 Å². The number of hydrogen-bond acceptors (Lipinski definition) is 2. The molecule has 0 atom stereocenters. The number of rotatable bonds is 5. The van der Waals surface area contributed by atoms with Gasteiger partial charge in [-0.1, -0.05) is 12.1 Å². The average molecular weight is 285 g/mol. The Morgan fingerprint density at radius 1 is 1.14 bits per heavy atom. The fourth-order valence-electron chi connectivity index (χ4n) is 2.29. The monoisotopic (exact) mass is 285 g/mol. The predicted octanol–water partition coefficient (Wildman–Crippen LogP) is 2.75. The maximum atomic E-state index is 12.5. The van der Waals surface area contributed by atoms with Gasteiger partial charge in [-0.15, -0.1) is 0 Å². The van der Waals surface area contributed by atoms with Crippen LogP contribution in [0.15, 0.2) is 42.6 Å². The van der Waals surface area contributed by atoms with Gasteiger partial charge in [0, 0.05) is 46.1 Å². The topological polar surface area (TPSA) is 28.5 Å². The Kier molecular flexibility index (Phi) is 4.68. The fraction of sp³-hybridized carbons (Fsp3) is 0.353. The maximum absolute atomic E-state index is 12.5. The Bertz CT molecular complexity index is 599. The average Bonchev–Trinajstić information content (AvgIpc) is 2.90. The van der Waals surface area contributed by atoms with Crippen LogP contribution in [-0.4, -0.2) is 36.0 Å². The molecule has 0 spiro atoms. The minimum absolute atomic E-state index is 0.0710. The molecule has 0 saturated carbocycles. The fourth-order valence-corrected chi connectivity index (χ4v) is 2.29. The van der Waals surface area contributed by atoms with Gasteiger partial charge in [-0.05, 0) is 36.8 Å². The van der Waals surface area contributed by atoms with Gasteiger partial charge >= 0.3 is 0 Å². The third-order valence-corrected chi connectivity index (χ3v) is 3.66. The zero-order chi connectivity index (χ0) is 15.4. The minimum Gasteiger partial charge on any atom is -0.378 e. The van der Waals surface area contributed by atoms with Crippen molar-refractivity contribution in [2.75, 3.05) is 25.5 Å². The molecule has 1 heterocycles. The summed E-state index contributed by atoms with van der Waals surface area (Å²) >= 11 is 0. The van der Waals surface area contributed by atoms with Crippen LogP contribution in [0.2, 0.25) is 0 Å². The van der Waals surface area contributed by atoms with Crippen molar-refractivity contribution in [1.29, 1.82) is 0 Å². The summed E-state index contributed by atoms with van der Waals surface area (Å²) in [6.07, 6.45) is 1.90. The van der Waals surface area contributed by atoms with Crippen LogP contribution in [0.5, 0.6) is 0 Å². The molecule has 0 unspecified atom stereocenters. The molecule has 1 amide bonds. The molecule has 4 heteroatoms. The number of anilines is 1. The quantitative estimate of drug-likeness (QED) is 0.845. The second-order valence-electron chi connectivity index (χ2n) is 5.38. The summed E-state index contributed by atoms with van der Waals surface area (Å²) in [5.41, 5.74) is 3.03. The molecule has 1 aromatic heterocycles. The Morgan fingerprint density at radius 2 is 1.81 bits per heavy atom. The van der Waals surface area contributed by atoms with E-state index in [0.29, 0.717) is 13.1 Å². The molecule has 2 rings (SSSR count). The Balaban J connectivity index is 2.12. The molecule has 0 bridgehead atoms. The Morgan fingerprint density at radius 3 is 2.29 bits per heavy atom. The molecule has 2 aromatic rings. The van der Waals surface area contributed by atoms with Crippen molar-refractivity contribution in [3.05, 3.63) is 53.9 Å².